The van der Waals surface area contributed by atoms with Gasteiger partial charge in [-0.1, -0.05) is 6.42 Å². The summed E-state index contributed by atoms with van der Waals surface area (Å²) in [6.07, 6.45) is 3.24. The number of rotatable bonds is 5. The van der Waals surface area contributed by atoms with Gasteiger partial charge in [-0.05, 0) is 59.3 Å². The van der Waals surface area contributed by atoms with Crippen LogP contribution >= 0.6 is 15.9 Å². The van der Waals surface area contributed by atoms with Crippen molar-refractivity contribution in [3.05, 3.63) is 33.8 Å². The van der Waals surface area contributed by atoms with Gasteiger partial charge in [0.15, 0.2) is 0 Å². The molecule has 1 aliphatic rings. The van der Waals surface area contributed by atoms with E-state index in [-0.39, 0.29) is 23.2 Å². The largest absolute Gasteiger partial charge is 0.396 e. The molecule has 0 aliphatic heterocycles. The number of halogens is 3. The molecule has 1 aromatic rings. The Hall–Kier alpha value is -0.520. The van der Waals surface area contributed by atoms with Crippen LogP contribution in [0.1, 0.15) is 24.8 Å². The van der Waals surface area contributed by atoms with E-state index in [4.69, 9.17) is 0 Å². The molecule has 0 bridgehead atoms. The van der Waals surface area contributed by atoms with Gasteiger partial charge in [0.05, 0.1) is 4.47 Å². The molecule has 0 spiro atoms. The predicted octanol–water partition coefficient (Wildman–Crippen LogP) is 3.23. The second kappa shape index (κ2) is 6.77. The molecule has 2 atom stereocenters. The zero-order valence-electron chi connectivity index (χ0n) is 10.6. The smallest absolute Gasteiger partial charge is 0.144 e. The lowest BCUT2D eigenvalue weighted by Gasteiger charge is -2.18. The fourth-order valence-electron chi connectivity index (χ4n) is 2.74. The lowest BCUT2D eigenvalue weighted by molar-refractivity contribution is 0.192. The summed E-state index contributed by atoms with van der Waals surface area (Å²) < 4.78 is 27.5. The first-order valence-electron chi connectivity index (χ1n) is 6.57. The molecule has 2 unspecified atom stereocenters. The van der Waals surface area contributed by atoms with Gasteiger partial charge in [-0.3, -0.25) is 0 Å². The summed E-state index contributed by atoms with van der Waals surface area (Å²) in [7, 11) is 0. The highest BCUT2D eigenvalue weighted by Gasteiger charge is 2.26. The van der Waals surface area contributed by atoms with Gasteiger partial charge < -0.3 is 10.4 Å². The normalized spacial score (nSPS) is 22.9. The van der Waals surface area contributed by atoms with E-state index < -0.39 is 11.6 Å². The zero-order chi connectivity index (χ0) is 13.8. The van der Waals surface area contributed by atoms with Crippen molar-refractivity contribution in [1.82, 2.24) is 5.32 Å². The molecule has 1 aromatic carbocycles. The summed E-state index contributed by atoms with van der Waals surface area (Å²) >= 11 is 3.06. The summed E-state index contributed by atoms with van der Waals surface area (Å²) in [6, 6.07) is 2.63. The van der Waals surface area contributed by atoms with Crippen molar-refractivity contribution in [2.24, 2.45) is 11.8 Å². The number of aliphatic hydroxyl groups excluding tert-OH is 1. The zero-order valence-corrected chi connectivity index (χ0v) is 12.2. The molecule has 0 aromatic heterocycles. The van der Waals surface area contributed by atoms with Gasteiger partial charge in [-0.2, -0.15) is 0 Å². The molecule has 1 aliphatic carbocycles. The van der Waals surface area contributed by atoms with Gasteiger partial charge in [0.25, 0.3) is 0 Å². The van der Waals surface area contributed by atoms with Gasteiger partial charge in [0, 0.05) is 18.7 Å². The minimum atomic E-state index is -0.544. The Labute approximate surface area is 120 Å². The van der Waals surface area contributed by atoms with Crippen LogP contribution in [-0.4, -0.2) is 18.3 Å². The first-order valence-corrected chi connectivity index (χ1v) is 7.36. The van der Waals surface area contributed by atoms with Crippen LogP contribution in [-0.2, 0) is 6.54 Å². The molecule has 0 amide bonds. The van der Waals surface area contributed by atoms with Crippen molar-refractivity contribution in [2.45, 2.75) is 25.8 Å². The minimum absolute atomic E-state index is 0.0629. The summed E-state index contributed by atoms with van der Waals surface area (Å²) in [4.78, 5) is 0. The van der Waals surface area contributed by atoms with E-state index in [0.29, 0.717) is 18.4 Å². The second-order valence-corrected chi connectivity index (χ2v) is 5.94. The molecule has 1 saturated carbocycles. The average molecular weight is 334 g/mol. The molecular formula is C14H18BrF2NO. The van der Waals surface area contributed by atoms with Crippen LogP contribution in [0.25, 0.3) is 0 Å². The van der Waals surface area contributed by atoms with E-state index in [2.05, 4.69) is 21.2 Å². The maximum absolute atomic E-state index is 13.7. The van der Waals surface area contributed by atoms with Crippen molar-refractivity contribution in [3.63, 3.8) is 0 Å². The van der Waals surface area contributed by atoms with Crippen LogP contribution in [0.15, 0.2) is 16.6 Å². The van der Waals surface area contributed by atoms with Crippen LogP contribution in [0.3, 0.4) is 0 Å². The third kappa shape index (κ3) is 3.52. The van der Waals surface area contributed by atoms with Gasteiger partial charge >= 0.3 is 0 Å². The van der Waals surface area contributed by atoms with Crippen molar-refractivity contribution >= 4 is 15.9 Å². The van der Waals surface area contributed by atoms with Crippen molar-refractivity contribution < 1.29 is 13.9 Å². The fourth-order valence-corrected chi connectivity index (χ4v) is 3.11. The minimum Gasteiger partial charge on any atom is -0.396 e. The first kappa shape index (κ1) is 14.9. The maximum atomic E-state index is 13.7. The molecule has 19 heavy (non-hydrogen) atoms. The molecule has 5 heteroatoms. The van der Waals surface area contributed by atoms with E-state index in [9.17, 15) is 13.9 Å². The van der Waals surface area contributed by atoms with Crippen LogP contribution in [0.2, 0.25) is 0 Å². The van der Waals surface area contributed by atoms with Crippen LogP contribution in [0.4, 0.5) is 8.78 Å². The van der Waals surface area contributed by atoms with Gasteiger partial charge in [0.2, 0.25) is 0 Å². The van der Waals surface area contributed by atoms with Crippen molar-refractivity contribution in [2.75, 3.05) is 13.2 Å². The predicted molar refractivity (Wildman–Crippen MR) is 73.7 cm³/mol. The van der Waals surface area contributed by atoms with Gasteiger partial charge in [-0.15, -0.1) is 0 Å². The number of hydrogen-bond donors (Lipinski definition) is 2. The Morgan fingerprint density at radius 2 is 2.00 bits per heavy atom. The van der Waals surface area contributed by atoms with Gasteiger partial charge in [-0.25, -0.2) is 8.78 Å². The lowest BCUT2D eigenvalue weighted by atomic mass is 9.97. The van der Waals surface area contributed by atoms with Crippen molar-refractivity contribution in [1.29, 1.82) is 0 Å². The first-order chi connectivity index (χ1) is 9.13. The van der Waals surface area contributed by atoms with Crippen LogP contribution < -0.4 is 5.32 Å². The Balaban J connectivity index is 1.91. The number of benzene rings is 1. The Kier molecular flexibility index (Phi) is 5.30. The third-order valence-electron chi connectivity index (χ3n) is 3.90. The lowest BCUT2D eigenvalue weighted by Crippen LogP contribution is -2.27. The Morgan fingerprint density at radius 3 is 2.74 bits per heavy atom. The monoisotopic (exact) mass is 333 g/mol. The molecule has 1 fully saturated rings. The Bertz CT molecular complexity index is 442. The molecule has 0 saturated heterocycles. The highest BCUT2D eigenvalue weighted by Crippen LogP contribution is 2.30. The summed E-state index contributed by atoms with van der Waals surface area (Å²) in [5, 5.41) is 12.3. The van der Waals surface area contributed by atoms with E-state index in [0.717, 1.165) is 19.3 Å². The van der Waals surface area contributed by atoms with E-state index in [1.807, 2.05) is 0 Å². The topological polar surface area (TPSA) is 32.3 Å². The second-order valence-electron chi connectivity index (χ2n) is 5.09. The van der Waals surface area contributed by atoms with E-state index >= 15 is 0 Å². The molecule has 2 nitrogen and oxygen atoms in total. The average Bonchev–Trinajstić information content (AvgIpc) is 2.85. The summed E-state index contributed by atoms with van der Waals surface area (Å²) in [5.41, 5.74) is 0.0629. The summed E-state index contributed by atoms with van der Waals surface area (Å²) in [6.45, 7) is 1.06. The molecule has 2 N–H and O–H groups in total. The van der Waals surface area contributed by atoms with Crippen molar-refractivity contribution in [3.8, 4) is 0 Å². The molecule has 106 valence electrons. The fraction of sp³-hybridized carbons (Fsp3) is 0.571. The van der Waals surface area contributed by atoms with E-state index in [1.54, 1.807) is 0 Å². The molecule has 0 heterocycles. The maximum Gasteiger partial charge on any atom is 0.144 e. The summed E-state index contributed by atoms with van der Waals surface area (Å²) in [5.74, 6) is -0.344. The number of hydrogen-bond acceptors (Lipinski definition) is 2. The Morgan fingerprint density at radius 1 is 1.26 bits per heavy atom. The van der Waals surface area contributed by atoms with Gasteiger partial charge in [0.1, 0.15) is 11.6 Å². The van der Waals surface area contributed by atoms with Crippen LogP contribution in [0.5, 0.6) is 0 Å². The van der Waals surface area contributed by atoms with E-state index in [1.165, 1.54) is 12.1 Å². The highest BCUT2D eigenvalue weighted by atomic mass is 79.9. The standard InChI is InChI=1S/C14H18BrF2NO/c15-12-4-5-13(16)11(14(12)17)7-18-6-9-2-1-3-10(9)8-19/h4-5,9-10,18-19H,1-3,6-8H2. The number of nitrogens with one attached hydrogen (secondary N) is 1. The van der Waals surface area contributed by atoms with Crippen LogP contribution in [0, 0.1) is 23.5 Å². The molecular weight excluding hydrogens is 316 g/mol. The quantitative estimate of drug-likeness (QED) is 0.811. The highest BCUT2D eigenvalue weighted by molar-refractivity contribution is 9.10. The molecule has 2 rings (SSSR count). The third-order valence-corrected chi connectivity index (χ3v) is 4.51. The number of aliphatic hydroxyl groups is 1. The molecule has 0 radical (unpaired) electrons. The SMILES string of the molecule is OCC1CCCC1CNCc1c(F)ccc(Br)c1F.